The lowest BCUT2D eigenvalue weighted by atomic mass is 10.2. The minimum absolute atomic E-state index is 0.0344. The van der Waals surface area contributed by atoms with Gasteiger partial charge in [-0.3, -0.25) is 0 Å². The molecule has 7 heteroatoms. The zero-order valence-electron chi connectivity index (χ0n) is 14.1. The fourth-order valence-corrected chi connectivity index (χ4v) is 2.91. The van der Waals surface area contributed by atoms with Gasteiger partial charge in [-0.2, -0.15) is 9.78 Å². The van der Waals surface area contributed by atoms with Crippen LogP contribution in [0.3, 0.4) is 0 Å². The molecule has 0 fully saturated rings. The standard InChI is InChI=1S/C19H18N6O/c26-11-10-24(13-15-6-2-1-3-7-15)18-16-12-23-25(19(16)22-14-21-18)17-8-4-5-9-20-17/h1-9,12,14,26H,10-11,13H2. The molecule has 0 saturated heterocycles. The highest BCUT2D eigenvalue weighted by molar-refractivity contribution is 5.87. The van der Waals surface area contributed by atoms with E-state index >= 15 is 0 Å². The Morgan fingerprint density at radius 1 is 0.962 bits per heavy atom. The van der Waals surface area contributed by atoms with Crippen LogP contribution in [0, 0.1) is 0 Å². The summed E-state index contributed by atoms with van der Waals surface area (Å²) < 4.78 is 1.69. The first-order valence-electron chi connectivity index (χ1n) is 8.36. The van der Waals surface area contributed by atoms with Gasteiger partial charge in [0, 0.05) is 19.3 Å². The summed E-state index contributed by atoms with van der Waals surface area (Å²) in [4.78, 5) is 15.2. The van der Waals surface area contributed by atoms with Gasteiger partial charge in [0.1, 0.15) is 12.1 Å². The lowest BCUT2D eigenvalue weighted by molar-refractivity contribution is 0.301. The highest BCUT2D eigenvalue weighted by Gasteiger charge is 2.16. The number of aromatic nitrogens is 5. The Bertz CT molecular complexity index is 987. The van der Waals surface area contributed by atoms with Crippen molar-refractivity contribution in [2.75, 3.05) is 18.1 Å². The third kappa shape index (κ3) is 3.12. The molecule has 3 heterocycles. The molecule has 0 atom stereocenters. The summed E-state index contributed by atoms with van der Waals surface area (Å²) in [6, 6.07) is 15.7. The normalized spacial score (nSPS) is 11.0. The number of fused-ring (bicyclic) bond motifs is 1. The van der Waals surface area contributed by atoms with E-state index in [2.05, 4.69) is 32.2 Å². The minimum atomic E-state index is 0.0344. The molecule has 26 heavy (non-hydrogen) atoms. The Morgan fingerprint density at radius 3 is 2.58 bits per heavy atom. The fourth-order valence-electron chi connectivity index (χ4n) is 2.91. The lowest BCUT2D eigenvalue weighted by Gasteiger charge is -2.23. The van der Waals surface area contributed by atoms with Crippen molar-refractivity contribution in [3.8, 4) is 5.82 Å². The van der Waals surface area contributed by atoms with E-state index in [4.69, 9.17) is 0 Å². The Morgan fingerprint density at radius 2 is 1.81 bits per heavy atom. The number of aliphatic hydroxyl groups is 1. The number of aliphatic hydroxyl groups excluding tert-OH is 1. The smallest absolute Gasteiger partial charge is 0.170 e. The first-order valence-corrected chi connectivity index (χ1v) is 8.36. The predicted molar refractivity (Wildman–Crippen MR) is 99.0 cm³/mol. The molecule has 0 radical (unpaired) electrons. The summed E-state index contributed by atoms with van der Waals surface area (Å²) in [7, 11) is 0. The summed E-state index contributed by atoms with van der Waals surface area (Å²) in [5.74, 6) is 1.44. The largest absolute Gasteiger partial charge is 0.395 e. The van der Waals surface area contributed by atoms with Crippen LogP contribution < -0.4 is 4.90 Å². The summed E-state index contributed by atoms with van der Waals surface area (Å²) in [5.41, 5.74) is 1.83. The van der Waals surface area contributed by atoms with Gasteiger partial charge < -0.3 is 10.0 Å². The lowest BCUT2D eigenvalue weighted by Crippen LogP contribution is -2.27. The van der Waals surface area contributed by atoms with E-state index in [1.165, 1.54) is 6.33 Å². The molecular formula is C19H18N6O. The van der Waals surface area contributed by atoms with Crippen LogP contribution >= 0.6 is 0 Å². The van der Waals surface area contributed by atoms with Gasteiger partial charge in [0.25, 0.3) is 0 Å². The molecular weight excluding hydrogens is 328 g/mol. The van der Waals surface area contributed by atoms with E-state index in [9.17, 15) is 5.11 Å². The number of rotatable bonds is 6. The first kappa shape index (κ1) is 16.2. The Balaban J connectivity index is 1.76. The Labute approximate surface area is 150 Å². The molecule has 0 aliphatic carbocycles. The SMILES string of the molecule is OCCN(Cc1ccccc1)c1ncnc2c1cnn2-c1ccccn1. The van der Waals surface area contributed by atoms with Crippen molar-refractivity contribution >= 4 is 16.9 Å². The molecule has 7 nitrogen and oxygen atoms in total. The quantitative estimate of drug-likeness (QED) is 0.577. The molecule has 4 rings (SSSR count). The third-order valence-corrected chi connectivity index (χ3v) is 4.10. The maximum absolute atomic E-state index is 9.52. The molecule has 1 N–H and O–H groups in total. The fraction of sp³-hybridized carbons (Fsp3) is 0.158. The van der Waals surface area contributed by atoms with Crippen molar-refractivity contribution in [2.24, 2.45) is 0 Å². The average Bonchev–Trinajstić information content (AvgIpc) is 3.13. The van der Waals surface area contributed by atoms with E-state index in [-0.39, 0.29) is 6.61 Å². The molecule has 0 amide bonds. The van der Waals surface area contributed by atoms with Gasteiger partial charge in [0.15, 0.2) is 11.5 Å². The van der Waals surface area contributed by atoms with Crippen LogP contribution in [0.1, 0.15) is 5.56 Å². The summed E-state index contributed by atoms with van der Waals surface area (Å²) >= 11 is 0. The van der Waals surface area contributed by atoms with Crippen LogP contribution in [-0.2, 0) is 6.54 Å². The molecule has 0 aliphatic heterocycles. The summed E-state index contributed by atoms with van der Waals surface area (Å²) in [6.45, 7) is 1.14. The Hall–Kier alpha value is -3.32. The van der Waals surface area contributed by atoms with Crippen LogP contribution in [-0.4, -0.2) is 43.0 Å². The highest BCUT2D eigenvalue weighted by atomic mass is 16.3. The summed E-state index contributed by atoms with van der Waals surface area (Å²) in [5, 5.41) is 14.8. The second kappa shape index (κ2) is 7.28. The topological polar surface area (TPSA) is 80.0 Å². The third-order valence-electron chi connectivity index (χ3n) is 4.10. The number of hydrogen-bond acceptors (Lipinski definition) is 6. The van der Waals surface area contributed by atoms with Gasteiger partial charge in [-0.25, -0.2) is 15.0 Å². The number of nitrogens with zero attached hydrogens (tertiary/aromatic N) is 6. The van der Waals surface area contributed by atoms with Crippen LogP contribution in [0.2, 0.25) is 0 Å². The Kier molecular flexibility index (Phi) is 4.53. The number of hydrogen-bond donors (Lipinski definition) is 1. The van der Waals surface area contributed by atoms with Crippen LogP contribution in [0.4, 0.5) is 5.82 Å². The van der Waals surface area contributed by atoms with Gasteiger partial charge in [0.05, 0.1) is 18.2 Å². The number of anilines is 1. The van der Waals surface area contributed by atoms with E-state index in [1.54, 1.807) is 17.1 Å². The van der Waals surface area contributed by atoms with Crippen molar-refractivity contribution in [3.05, 3.63) is 72.8 Å². The van der Waals surface area contributed by atoms with E-state index in [1.807, 2.05) is 41.3 Å². The molecule has 0 spiro atoms. The molecule has 0 bridgehead atoms. The zero-order valence-corrected chi connectivity index (χ0v) is 14.1. The monoisotopic (exact) mass is 346 g/mol. The molecule has 4 aromatic rings. The van der Waals surface area contributed by atoms with Crippen molar-refractivity contribution in [1.29, 1.82) is 0 Å². The molecule has 3 aromatic heterocycles. The zero-order chi connectivity index (χ0) is 17.8. The summed E-state index contributed by atoms with van der Waals surface area (Å²) in [6.07, 6.45) is 4.99. The van der Waals surface area contributed by atoms with Gasteiger partial charge in [-0.05, 0) is 17.7 Å². The second-order valence-corrected chi connectivity index (χ2v) is 5.81. The maximum atomic E-state index is 9.52. The number of benzene rings is 1. The van der Waals surface area contributed by atoms with Gasteiger partial charge in [-0.15, -0.1) is 0 Å². The van der Waals surface area contributed by atoms with Gasteiger partial charge >= 0.3 is 0 Å². The molecule has 0 saturated carbocycles. The van der Waals surface area contributed by atoms with Crippen molar-refractivity contribution in [1.82, 2.24) is 24.7 Å². The average molecular weight is 346 g/mol. The molecule has 0 unspecified atom stereocenters. The minimum Gasteiger partial charge on any atom is -0.395 e. The van der Waals surface area contributed by atoms with Crippen LogP contribution in [0.25, 0.3) is 16.9 Å². The second-order valence-electron chi connectivity index (χ2n) is 5.81. The molecule has 130 valence electrons. The van der Waals surface area contributed by atoms with E-state index in [0.717, 1.165) is 16.8 Å². The number of pyridine rings is 1. The molecule has 1 aromatic carbocycles. The first-order chi connectivity index (χ1) is 12.9. The van der Waals surface area contributed by atoms with Gasteiger partial charge in [0.2, 0.25) is 0 Å². The van der Waals surface area contributed by atoms with E-state index in [0.29, 0.717) is 24.6 Å². The van der Waals surface area contributed by atoms with Crippen LogP contribution in [0.15, 0.2) is 67.3 Å². The predicted octanol–water partition coefficient (Wildman–Crippen LogP) is 2.21. The van der Waals surface area contributed by atoms with Crippen molar-refractivity contribution in [3.63, 3.8) is 0 Å². The van der Waals surface area contributed by atoms with Crippen molar-refractivity contribution in [2.45, 2.75) is 6.54 Å². The maximum Gasteiger partial charge on any atom is 0.170 e. The molecule has 0 aliphatic rings. The van der Waals surface area contributed by atoms with E-state index < -0.39 is 0 Å². The van der Waals surface area contributed by atoms with Crippen molar-refractivity contribution < 1.29 is 5.11 Å². The van der Waals surface area contributed by atoms with Crippen LogP contribution in [0.5, 0.6) is 0 Å². The van der Waals surface area contributed by atoms with Gasteiger partial charge in [-0.1, -0.05) is 36.4 Å². The highest BCUT2D eigenvalue weighted by Crippen LogP contribution is 2.25.